The number of anilines is 1. The van der Waals surface area contributed by atoms with Crippen LogP contribution in [0.3, 0.4) is 0 Å². The van der Waals surface area contributed by atoms with E-state index in [2.05, 4.69) is 32.3 Å². The van der Waals surface area contributed by atoms with Crippen LogP contribution in [0.25, 0.3) is 22.1 Å². The lowest BCUT2D eigenvalue weighted by atomic mass is 10.1. The van der Waals surface area contributed by atoms with E-state index in [1.54, 1.807) is 6.08 Å². The highest BCUT2D eigenvalue weighted by atomic mass is 16.5. The topological polar surface area (TPSA) is 92.1 Å². The maximum atomic E-state index is 6.21. The quantitative estimate of drug-likeness (QED) is 0.374. The third-order valence-electron chi connectivity index (χ3n) is 5.07. The first-order valence-corrected chi connectivity index (χ1v) is 11.2. The van der Waals surface area contributed by atoms with Gasteiger partial charge in [-0.1, -0.05) is 32.1 Å². The molecule has 0 saturated carbocycles. The summed E-state index contributed by atoms with van der Waals surface area (Å²) in [5.74, 6) is 1.49. The van der Waals surface area contributed by atoms with Crippen LogP contribution in [-0.4, -0.2) is 46.8 Å². The summed E-state index contributed by atoms with van der Waals surface area (Å²) < 4.78 is 17.9. The first-order chi connectivity index (χ1) is 15.0. The largest absolute Gasteiger partial charge is 0.450 e. The van der Waals surface area contributed by atoms with Crippen molar-refractivity contribution in [2.24, 2.45) is 0 Å². The van der Waals surface area contributed by atoms with Crippen molar-refractivity contribution in [2.45, 2.75) is 65.7 Å². The van der Waals surface area contributed by atoms with E-state index in [1.165, 1.54) is 0 Å². The van der Waals surface area contributed by atoms with Crippen LogP contribution in [0.2, 0.25) is 0 Å². The van der Waals surface area contributed by atoms with Gasteiger partial charge in [0.2, 0.25) is 0 Å². The molecule has 176 valence electrons. The van der Waals surface area contributed by atoms with Crippen molar-refractivity contribution in [3.05, 3.63) is 42.7 Å². The van der Waals surface area contributed by atoms with Crippen molar-refractivity contribution in [1.82, 2.24) is 9.97 Å². The van der Waals surface area contributed by atoms with Gasteiger partial charge in [-0.05, 0) is 45.7 Å². The van der Waals surface area contributed by atoms with Gasteiger partial charge < -0.3 is 24.3 Å². The highest BCUT2D eigenvalue weighted by Gasteiger charge is 2.31. The fourth-order valence-corrected chi connectivity index (χ4v) is 3.75. The minimum Gasteiger partial charge on any atom is -0.450 e. The van der Waals surface area contributed by atoms with Gasteiger partial charge in [0.1, 0.15) is 17.7 Å². The van der Waals surface area contributed by atoms with E-state index in [0.717, 1.165) is 47.3 Å². The maximum absolute atomic E-state index is 6.21. The van der Waals surface area contributed by atoms with Crippen LogP contribution in [0.5, 0.6) is 0 Å². The maximum Gasteiger partial charge on any atom is 0.196 e. The molecule has 3 aromatic rings. The Morgan fingerprint density at radius 1 is 1.22 bits per heavy atom. The summed E-state index contributed by atoms with van der Waals surface area (Å²) in [5.41, 5.74) is 2.23. The molecule has 1 aromatic carbocycles. The van der Waals surface area contributed by atoms with Gasteiger partial charge in [0, 0.05) is 11.9 Å². The van der Waals surface area contributed by atoms with Gasteiger partial charge in [0.25, 0.3) is 0 Å². The monoisotopic (exact) mass is 443 g/mol. The molecule has 0 radical (unpaired) electrons. The highest BCUT2D eigenvalue weighted by molar-refractivity contribution is 6.05. The second-order valence-corrected chi connectivity index (χ2v) is 8.46. The molecule has 3 heterocycles. The van der Waals surface area contributed by atoms with Gasteiger partial charge in [0.05, 0.1) is 24.9 Å². The summed E-state index contributed by atoms with van der Waals surface area (Å²) in [4.78, 5) is 11.9. The molecule has 2 aromatic heterocycles. The average Bonchev–Trinajstić information content (AvgIpc) is 3.37. The summed E-state index contributed by atoms with van der Waals surface area (Å²) in [5, 5.41) is 0.998. The van der Waals surface area contributed by atoms with E-state index >= 15 is 0 Å². The van der Waals surface area contributed by atoms with Gasteiger partial charge in [0.15, 0.2) is 17.2 Å². The molecule has 1 fully saturated rings. The lowest BCUT2D eigenvalue weighted by molar-refractivity contribution is -0.00940. The minimum absolute atomic E-state index is 0. The van der Waals surface area contributed by atoms with Crippen LogP contribution in [0, 0.1) is 0 Å². The number of hydrogen-bond acceptors (Lipinski definition) is 6. The van der Waals surface area contributed by atoms with Crippen LogP contribution >= 0.6 is 0 Å². The molecule has 1 aliphatic heterocycles. The van der Waals surface area contributed by atoms with E-state index in [4.69, 9.17) is 23.9 Å². The predicted octanol–water partition coefficient (Wildman–Crippen LogP) is 5.06. The third kappa shape index (κ3) is 5.85. The Morgan fingerprint density at radius 3 is 2.69 bits per heavy atom. The third-order valence-corrected chi connectivity index (χ3v) is 5.07. The fourth-order valence-electron chi connectivity index (χ4n) is 3.75. The second-order valence-electron chi connectivity index (χ2n) is 8.46. The lowest BCUT2D eigenvalue weighted by Gasteiger charge is -2.29. The molecule has 7 heteroatoms. The van der Waals surface area contributed by atoms with Crippen LogP contribution in [0.15, 0.2) is 41.3 Å². The Kier molecular flexibility index (Phi) is 9.19. The summed E-state index contributed by atoms with van der Waals surface area (Å²) in [7, 11) is 0. The number of para-hydroxylation sites is 1. The number of furan rings is 1. The molecule has 0 spiro atoms. The standard InChI is InChI=1S/C23H29N3O3.C2H6.H2O/c1-5-13-27-15-19-24-20-17-10-6-7-11-18(17)29-21(20)22(25-19)26-12-8-9-16(26)14-28-23(2,3)4;1-2;/h5-7,10-11,16H,1,8-9,12-15H2,2-4H3;1-2H3;1H2/t16-;;/m0../s1. The number of ether oxygens (including phenoxy) is 2. The van der Waals surface area contributed by atoms with Crippen molar-refractivity contribution in [2.75, 3.05) is 24.7 Å². The van der Waals surface area contributed by atoms with E-state index in [-0.39, 0.29) is 17.1 Å². The van der Waals surface area contributed by atoms with Crippen molar-refractivity contribution in [3.63, 3.8) is 0 Å². The van der Waals surface area contributed by atoms with Crippen molar-refractivity contribution >= 4 is 27.9 Å². The van der Waals surface area contributed by atoms with Crippen LogP contribution in [0.4, 0.5) is 5.82 Å². The summed E-state index contributed by atoms with van der Waals surface area (Å²) >= 11 is 0. The molecular weight excluding hydrogens is 406 g/mol. The van der Waals surface area contributed by atoms with Gasteiger partial charge >= 0.3 is 0 Å². The molecule has 0 aliphatic carbocycles. The zero-order valence-electron chi connectivity index (χ0n) is 20.0. The van der Waals surface area contributed by atoms with Gasteiger partial charge in [-0.15, -0.1) is 6.58 Å². The molecule has 32 heavy (non-hydrogen) atoms. The first kappa shape index (κ1) is 25.8. The zero-order chi connectivity index (χ0) is 22.4. The molecule has 7 nitrogen and oxygen atoms in total. The summed E-state index contributed by atoms with van der Waals surface area (Å²) in [6.45, 7) is 16.4. The number of benzene rings is 1. The Balaban J connectivity index is 0.00000118. The van der Waals surface area contributed by atoms with E-state index in [0.29, 0.717) is 25.6 Å². The Hall–Kier alpha value is -2.48. The molecular formula is C25H37N3O4. The minimum atomic E-state index is -0.168. The highest BCUT2D eigenvalue weighted by Crippen LogP contribution is 2.36. The summed E-state index contributed by atoms with van der Waals surface area (Å²) in [6.07, 6.45) is 3.91. The lowest BCUT2D eigenvalue weighted by Crippen LogP contribution is -2.36. The van der Waals surface area contributed by atoms with Gasteiger partial charge in [-0.3, -0.25) is 0 Å². The molecule has 0 bridgehead atoms. The molecule has 1 atom stereocenters. The molecule has 1 aliphatic rings. The number of aromatic nitrogens is 2. The predicted molar refractivity (Wildman–Crippen MR) is 130 cm³/mol. The zero-order valence-corrected chi connectivity index (χ0v) is 20.0. The van der Waals surface area contributed by atoms with E-state index < -0.39 is 0 Å². The van der Waals surface area contributed by atoms with Crippen LogP contribution < -0.4 is 4.90 Å². The van der Waals surface area contributed by atoms with Crippen molar-refractivity contribution in [3.8, 4) is 0 Å². The van der Waals surface area contributed by atoms with Crippen LogP contribution in [0.1, 0.15) is 53.3 Å². The van der Waals surface area contributed by atoms with Crippen LogP contribution in [-0.2, 0) is 16.1 Å². The fraction of sp³-hybridized carbons (Fsp3) is 0.520. The number of hydrogen-bond donors (Lipinski definition) is 0. The Morgan fingerprint density at radius 2 is 1.97 bits per heavy atom. The first-order valence-electron chi connectivity index (χ1n) is 11.2. The Bertz CT molecular complexity index is 1010. The number of fused-ring (bicyclic) bond motifs is 3. The Labute approximate surface area is 190 Å². The normalized spacial score (nSPS) is 16.0. The second kappa shape index (κ2) is 11.4. The molecule has 0 amide bonds. The van der Waals surface area contributed by atoms with Gasteiger partial charge in [-0.2, -0.15) is 0 Å². The van der Waals surface area contributed by atoms with Gasteiger partial charge in [-0.25, -0.2) is 9.97 Å². The summed E-state index contributed by atoms with van der Waals surface area (Å²) in [6, 6.07) is 8.25. The number of rotatable bonds is 7. The number of nitrogens with zero attached hydrogens (tertiary/aromatic N) is 3. The molecule has 4 rings (SSSR count). The smallest absolute Gasteiger partial charge is 0.196 e. The van der Waals surface area contributed by atoms with E-state index in [1.807, 2.05) is 38.1 Å². The molecule has 2 N–H and O–H groups in total. The van der Waals surface area contributed by atoms with Crippen molar-refractivity contribution < 1.29 is 19.4 Å². The molecule has 0 unspecified atom stereocenters. The average molecular weight is 444 g/mol. The SMILES string of the molecule is C=CCOCc1nc(N2CCC[C@H]2COC(C)(C)C)c2oc3ccccc3c2n1.CC.O. The molecule has 1 saturated heterocycles. The van der Waals surface area contributed by atoms with Crippen molar-refractivity contribution in [1.29, 1.82) is 0 Å². The van der Waals surface area contributed by atoms with E-state index in [9.17, 15) is 0 Å².